The van der Waals surface area contributed by atoms with Crippen molar-refractivity contribution in [1.82, 2.24) is 19.0 Å². The number of aliphatic hydroxyl groups excluding tert-OH is 1. The number of ether oxygens (including phenoxy) is 1. The van der Waals surface area contributed by atoms with Gasteiger partial charge in [0.1, 0.15) is 11.5 Å². The Labute approximate surface area is 255 Å². The highest BCUT2D eigenvalue weighted by molar-refractivity contribution is 5.83. The van der Waals surface area contributed by atoms with E-state index >= 15 is 0 Å². The molecule has 0 unspecified atom stereocenters. The highest BCUT2D eigenvalue weighted by Crippen LogP contribution is 2.40. The molecule has 2 N–H and O–H groups in total. The quantitative estimate of drug-likeness (QED) is 0.271. The summed E-state index contributed by atoms with van der Waals surface area (Å²) in [6.45, 7) is 3.80. The summed E-state index contributed by atoms with van der Waals surface area (Å²) in [5.41, 5.74) is 5.06. The summed E-state index contributed by atoms with van der Waals surface area (Å²) in [5.74, 6) is 1.17. The summed E-state index contributed by atoms with van der Waals surface area (Å²) in [4.78, 5) is 33.7. The predicted octanol–water partition coefficient (Wildman–Crippen LogP) is 4.70. The lowest BCUT2D eigenvalue weighted by Crippen LogP contribution is -2.35. The van der Waals surface area contributed by atoms with E-state index in [4.69, 9.17) is 4.74 Å². The lowest BCUT2D eigenvalue weighted by Gasteiger charge is -2.26. The molecular formula is C35H35N5O4. The van der Waals surface area contributed by atoms with Gasteiger partial charge in [-0.25, -0.2) is 4.98 Å². The van der Waals surface area contributed by atoms with Crippen molar-refractivity contribution in [1.29, 1.82) is 0 Å². The van der Waals surface area contributed by atoms with Gasteiger partial charge in [-0.1, -0.05) is 30.3 Å². The first-order valence-electron chi connectivity index (χ1n) is 15.1. The molecule has 44 heavy (non-hydrogen) atoms. The number of aromatic nitrogens is 3. The fraction of sp³-hybridized carbons (Fsp3) is 0.286. The highest BCUT2D eigenvalue weighted by Gasteiger charge is 2.24. The van der Waals surface area contributed by atoms with Gasteiger partial charge >= 0.3 is 0 Å². The number of nitrogens with zero attached hydrogens (tertiary/aromatic N) is 4. The van der Waals surface area contributed by atoms with E-state index in [9.17, 15) is 14.7 Å². The van der Waals surface area contributed by atoms with E-state index in [0.717, 1.165) is 54.9 Å². The molecule has 2 aliphatic rings. The highest BCUT2D eigenvalue weighted by atomic mass is 16.5. The Morgan fingerprint density at radius 2 is 1.84 bits per heavy atom. The smallest absolute Gasteiger partial charge is 0.274 e. The number of nitrogens with one attached hydrogen (secondary N) is 1. The minimum atomic E-state index is -0.283. The molecule has 1 saturated heterocycles. The third-order valence-corrected chi connectivity index (χ3v) is 8.64. The maximum Gasteiger partial charge on any atom is 0.274 e. The van der Waals surface area contributed by atoms with Gasteiger partial charge in [0.2, 0.25) is 0 Å². The molecule has 1 aliphatic carbocycles. The monoisotopic (exact) mass is 589 g/mol. The number of fused-ring (bicyclic) bond motifs is 1. The van der Waals surface area contributed by atoms with Crippen LogP contribution < -0.4 is 16.4 Å². The van der Waals surface area contributed by atoms with E-state index in [-0.39, 0.29) is 17.7 Å². The fourth-order valence-electron chi connectivity index (χ4n) is 6.06. The van der Waals surface area contributed by atoms with Crippen LogP contribution in [0.2, 0.25) is 0 Å². The van der Waals surface area contributed by atoms with Crippen LogP contribution in [0.25, 0.3) is 27.6 Å². The van der Waals surface area contributed by atoms with E-state index in [1.54, 1.807) is 30.1 Å². The topological polar surface area (TPSA) is 102 Å². The molecule has 0 amide bonds. The van der Waals surface area contributed by atoms with Crippen molar-refractivity contribution >= 4 is 22.3 Å². The second kappa shape index (κ2) is 11.8. The maximum absolute atomic E-state index is 13.6. The van der Waals surface area contributed by atoms with E-state index in [1.807, 2.05) is 48.7 Å². The summed E-state index contributed by atoms with van der Waals surface area (Å²) in [7, 11) is 1.70. The number of pyridine rings is 3. The lowest BCUT2D eigenvalue weighted by atomic mass is 9.98. The Morgan fingerprint density at radius 3 is 2.59 bits per heavy atom. The molecule has 0 atom stereocenters. The van der Waals surface area contributed by atoms with Crippen molar-refractivity contribution < 1.29 is 9.84 Å². The van der Waals surface area contributed by atoms with Gasteiger partial charge in [0, 0.05) is 61.8 Å². The van der Waals surface area contributed by atoms with Crippen molar-refractivity contribution in [2.75, 3.05) is 31.6 Å². The van der Waals surface area contributed by atoms with Gasteiger partial charge in [0.05, 0.1) is 25.5 Å². The molecule has 7 rings (SSSR count). The van der Waals surface area contributed by atoms with E-state index in [2.05, 4.69) is 27.3 Å². The van der Waals surface area contributed by atoms with Gasteiger partial charge in [-0.2, -0.15) is 0 Å². The molecule has 9 heteroatoms. The number of morpholine rings is 1. The van der Waals surface area contributed by atoms with Gasteiger partial charge in [-0.05, 0) is 71.2 Å². The molecule has 9 nitrogen and oxygen atoms in total. The Morgan fingerprint density at radius 1 is 1.00 bits per heavy atom. The zero-order valence-electron chi connectivity index (χ0n) is 24.7. The fourth-order valence-corrected chi connectivity index (χ4v) is 6.06. The van der Waals surface area contributed by atoms with Crippen LogP contribution in [0.3, 0.4) is 0 Å². The molecule has 2 fully saturated rings. The Hall–Kier alpha value is -4.57. The second-order valence-electron chi connectivity index (χ2n) is 11.7. The van der Waals surface area contributed by atoms with E-state index < -0.39 is 0 Å². The van der Waals surface area contributed by atoms with Crippen LogP contribution >= 0.6 is 0 Å². The summed E-state index contributed by atoms with van der Waals surface area (Å²) < 4.78 is 8.54. The average Bonchev–Trinajstić information content (AvgIpc) is 3.90. The molecule has 0 radical (unpaired) electrons. The van der Waals surface area contributed by atoms with E-state index in [0.29, 0.717) is 34.1 Å². The number of benzene rings is 2. The van der Waals surface area contributed by atoms with Crippen LogP contribution in [0.15, 0.2) is 88.8 Å². The van der Waals surface area contributed by atoms with Gasteiger partial charge in [0.25, 0.3) is 11.1 Å². The van der Waals surface area contributed by atoms with Crippen molar-refractivity contribution in [3.05, 3.63) is 117 Å². The number of aryl methyl sites for hydroxylation is 1. The summed E-state index contributed by atoms with van der Waals surface area (Å²) in [6, 6.07) is 19.3. The third kappa shape index (κ3) is 5.57. The minimum absolute atomic E-state index is 0.136. The lowest BCUT2D eigenvalue weighted by molar-refractivity contribution is 0.0341. The second-order valence-corrected chi connectivity index (χ2v) is 11.7. The van der Waals surface area contributed by atoms with Gasteiger partial charge < -0.3 is 19.7 Å². The normalized spacial score (nSPS) is 15.5. The Balaban J connectivity index is 1.20. The van der Waals surface area contributed by atoms with Crippen molar-refractivity contribution in [2.45, 2.75) is 31.9 Å². The SMILES string of the molecule is Cn1cc(-c2cccc(-n3ccc4cc(C5CC5)ccc4c3=O)c2CO)cc(Nc2ccc(CN3CCOCC3)cn2)c1=O. The molecule has 1 saturated carbocycles. The van der Waals surface area contributed by atoms with Crippen LogP contribution in [-0.2, 0) is 24.9 Å². The van der Waals surface area contributed by atoms with Crippen molar-refractivity contribution in [3.8, 4) is 16.8 Å². The molecule has 3 aromatic heterocycles. The summed E-state index contributed by atoms with van der Waals surface area (Å²) in [6.07, 6.45) is 7.76. The van der Waals surface area contributed by atoms with Crippen LogP contribution in [0, 0.1) is 0 Å². The van der Waals surface area contributed by atoms with Crippen molar-refractivity contribution in [3.63, 3.8) is 0 Å². The largest absolute Gasteiger partial charge is 0.392 e. The number of hydrogen-bond acceptors (Lipinski definition) is 7. The minimum Gasteiger partial charge on any atom is -0.392 e. The average molecular weight is 590 g/mol. The number of anilines is 2. The van der Waals surface area contributed by atoms with Crippen LogP contribution in [0.5, 0.6) is 0 Å². The molecule has 224 valence electrons. The number of aliphatic hydroxyl groups is 1. The standard InChI is InChI=1S/C35H35N5O4/c1-38-21-27(18-31(35(38)43)37-33-10-5-23(19-36-33)20-39-13-15-44-16-14-39)28-3-2-4-32(30(28)22-41)40-12-11-26-17-25(24-6-7-24)8-9-29(26)34(40)42/h2-5,8-12,17-19,21,24,41H,6-7,13-16,20,22H2,1H3,(H,36,37). The summed E-state index contributed by atoms with van der Waals surface area (Å²) >= 11 is 0. The van der Waals surface area contributed by atoms with Gasteiger partial charge in [0.15, 0.2) is 0 Å². The van der Waals surface area contributed by atoms with Crippen molar-refractivity contribution in [2.24, 2.45) is 7.05 Å². The van der Waals surface area contributed by atoms with Crippen LogP contribution in [-0.4, -0.2) is 50.4 Å². The third-order valence-electron chi connectivity index (χ3n) is 8.64. The number of hydrogen-bond donors (Lipinski definition) is 2. The van der Waals surface area contributed by atoms with Gasteiger partial charge in [-0.3, -0.25) is 19.1 Å². The Kier molecular flexibility index (Phi) is 7.59. The molecule has 5 aromatic rings. The first kappa shape index (κ1) is 28.2. The molecule has 0 spiro atoms. The predicted molar refractivity (Wildman–Crippen MR) is 172 cm³/mol. The first-order valence-corrected chi connectivity index (χ1v) is 15.1. The Bertz CT molecular complexity index is 1950. The van der Waals surface area contributed by atoms with Gasteiger partial charge in [-0.15, -0.1) is 0 Å². The zero-order valence-corrected chi connectivity index (χ0v) is 24.7. The number of rotatable bonds is 8. The molecular weight excluding hydrogens is 554 g/mol. The molecule has 0 bridgehead atoms. The van der Waals surface area contributed by atoms with Crippen LogP contribution in [0.1, 0.15) is 35.4 Å². The molecule has 1 aliphatic heterocycles. The zero-order chi connectivity index (χ0) is 30.2. The first-order chi connectivity index (χ1) is 21.5. The van der Waals surface area contributed by atoms with Crippen LogP contribution in [0.4, 0.5) is 11.5 Å². The molecule has 4 heterocycles. The van der Waals surface area contributed by atoms with E-state index in [1.165, 1.54) is 23.0 Å². The maximum atomic E-state index is 13.6. The summed E-state index contributed by atoms with van der Waals surface area (Å²) in [5, 5.41) is 15.3. The molecule has 2 aromatic carbocycles.